The second-order valence-electron chi connectivity index (χ2n) is 8.42. The van der Waals surface area contributed by atoms with Crippen LogP contribution in [-0.2, 0) is 10.0 Å². The van der Waals surface area contributed by atoms with Crippen LogP contribution in [0.25, 0.3) is 0 Å². The Morgan fingerprint density at radius 1 is 0.968 bits per heavy atom. The van der Waals surface area contributed by atoms with Crippen molar-refractivity contribution in [1.82, 2.24) is 9.21 Å². The number of carbonyl (C=O) groups excluding carboxylic acids is 1. The Morgan fingerprint density at radius 3 is 2.29 bits per heavy atom. The van der Waals surface area contributed by atoms with Gasteiger partial charge in [0.1, 0.15) is 5.75 Å². The summed E-state index contributed by atoms with van der Waals surface area (Å²) in [6, 6.07) is 14.1. The van der Waals surface area contributed by atoms with E-state index in [9.17, 15) is 13.2 Å². The van der Waals surface area contributed by atoms with Crippen molar-refractivity contribution in [2.45, 2.75) is 38.5 Å². The number of carbonyl (C=O) groups is 1. The molecule has 1 fully saturated rings. The Kier molecular flexibility index (Phi) is 7.73. The molecule has 0 aromatic heterocycles. The van der Waals surface area contributed by atoms with Crippen LogP contribution < -0.4 is 4.74 Å². The lowest BCUT2D eigenvalue weighted by Gasteiger charge is -2.22. The Hall–Kier alpha value is -2.38. The molecule has 1 saturated heterocycles. The molecule has 0 spiro atoms. The van der Waals surface area contributed by atoms with Crippen LogP contribution in [0.15, 0.2) is 53.4 Å². The molecule has 0 radical (unpaired) electrons. The molecule has 0 aliphatic carbocycles. The normalized spacial score (nSPS) is 15.7. The molecule has 0 bridgehead atoms. The van der Waals surface area contributed by atoms with Crippen LogP contribution >= 0.6 is 0 Å². The van der Waals surface area contributed by atoms with Gasteiger partial charge < -0.3 is 9.64 Å². The largest absolute Gasteiger partial charge is 0.494 e. The summed E-state index contributed by atoms with van der Waals surface area (Å²) < 4.78 is 33.1. The molecule has 0 atom stereocenters. The van der Waals surface area contributed by atoms with E-state index >= 15 is 0 Å². The van der Waals surface area contributed by atoms with Crippen LogP contribution in [-0.4, -0.2) is 56.3 Å². The van der Waals surface area contributed by atoms with Gasteiger partial charge in [-0.3, -0.25) is 4.79 Å². The minimum absolute atomic E-state index is 0.0803. The summed E-state index contributed by atoms with van der Waals surface area (Å²) >= 11 is 0. The van der Waals surface area contributed by atoms with Crippen LogP contribution in [0.2, 0.25) is 0 Å². The second kappa shape index (κ2) is 10.3. The molecule has 0 unspecified atom stereocenters. The molecule has 1 aliphatic heterocycles. The van der Waals surface area contributed by atoms with Gasteiger partial charge in [0.25, 0.3) is 5.91 Å². The van der Waals surface area contributed by atoms with Crippen LogP contribution in [0.5, 0.6) is 5.75 Å². The van der Waals surface area contributed by atoms with Gasteiger partial charge in [-0.1, -0.05) is 31.5 Å². The maximum Gasteiger partial charge on any atom is 0.253 e. The Labute approximate surface area is 185 Å². The van der Waals surface area contributed by atoms with E-state index in [4.69, 9.17) is 4.74 Å². The average molecular weight is 445 g/mol. The van der Waals surface area contributed by atoms with E-state index in [1.807, 2.05) is 19.1 Å². The molecule has 2 aromatic rings. The number of benzene rings is 2. The number of sulfonamides is 1. The molecule has 1 amide bonds. The summed E-state index contributed by atoms with van der Waals surface area (Å²) in [4.78, 5) is 15.0. The van der Waals surface area contributed by atoms with Gasteiger partial charge in [0.05, 0.1) is 11.5 Å². The number of nitrogens with zero attached hydrogens (tertiary/aromatic N) is 2. The summed E-state index contributed by atoms with van der Waals surface area (Å²) in [5, 5.41) is 0. The van der Waals surface area contributed by atoms with E-state index in [2.05, 4.69) is 13.8 Å². The van der Waals surface area contributed by atoms with E-state index in [0.717, 1.165) is 17.7 Å². The molecule has 0 saturated carbocycles. The monoisotopic (exact) mass is 444 g/mol. The highest BCUT2D eigenvalue weighted by molar-refractivity contribution is 7.89. The number of aryl methyl sites for hydroxylation is 1. The van der Waals surface area contributed by atoms with E-state index in [1.54, 1.807) is 41.3 Å². The standard InChI is InChI=1S/C24H32N2O4S/c1-19(2)13-18-30-22-9-7-21(8-10-22)24(27)25-14-4-15-26(17-16-25)31(28,29)23-11-5-20(3)6-12-23/h5-12,19H,4,13-18H2,1-3H3. The molecule has 1 aliphatic rings. The number of amides is 1. The molecule has 6 nitrogen and oxygen atoms in total. The number of ether oxygens (including phenoxy) is 1. The van der Waals surface area contributed by atoms with Crippen molar-refractivity contribution in [3.63, 3.8) is 0 Å². The Morgan fingerprint density at radius 2 is 1.65 bits per heavy atom. The van der Waals surface area contributed by atoms with Crippen LogP contribution in [0, 0.1) is 12.8 Å². The fraction of sp³-hybridized carbons (Fsp3) is 0.458. The van der Waals surface area contributed by atoms with Crippen molar-refractivity contribution >= 4 is 15.9 Å². The van der Waals surface area contributed by atoms with E-state index in [-0.39, 0.29) is 5.91 Å². The SMILES string of the molecule is Cc1ccc(S(=O)(=O)N2CCCN(C(=O)c3ccc(OCCC(C)C)cc3)CC2)cc1. The molecule has 7 heteroatoms. The molecule has 3 rings (SSSR count). The van der Waals surface area contributed by atoms with Crippen LogP contribution in [0.3, 0.4) is 0 Å². The zero-order valence-electron chi connectivity index (χ0n) is 18.6. The van der Waals surface area contributed by atoms with E-state index in [0.29, 0.717) is 55.6 Å². The van der Waals surface area contributed by atoms with Crippen molar-refractivity contribution in [3.05, 3.63) is 59.7 Å². The van der Waals surface area contributed by atoms with Gasteiger partial charge in [-0.2, -0.15) is 4.31 Å². The smallest absolute Gasteiger partial charge is 0.253 e. The lowest BCUT2D eigenvalue weighted by Crippen LogP contribution is -2.37. The van der Waals surface area contributed by atoms with Crippen molar-refractivity contribution in [1.29, 1.82) is 0 Å². The number of hydrogen-bond donors (Lipinski definition) is 0. The fourth-order valence-electron chi connectivity index (χ4n) is 3.49. The molecule has 2 aromatic carbocycles. The summed E-state index contributed by atoms with van der Waals surface area (Å²) in [6.07, 6.45) is 1.59. The highest BCUT2D eigenvalue weighted by atomic mass is 32.2. The Balaban J connectivity index is 1.61. The first-order chi connectivity index (χ1) is 14.8. The highest BCUT2D eigenvalue weighted by Crippen LogP contribution is 2.20. The summed E-state index contributed by atoms with van der Waals surface area (Å²) in [5.74, 6) is 1.25. The van der Waals surface area contributed by atoms with Crippen LogP contribution in [0.1, 0.15) is 42.6 Å². The summed E-state index contributed by atoms with van der Waals surface area (Å²) in [5.41, 5.74) is 1.61. The van der Waals surface area contributed by atoms with Gasteiger partial charge in [-0.25, -0.2) is 8.42 Å². The first-order valence-electron chi connectivity index (χ1n) is 10.9. The maximum atomic E-state index is 13.0. The van der Waals surface area contributed by atoms with Crippen molar-refractivity contribution < 1.29 is 17.9 Å². The van der Waals surface area contributed by atoms with Crippen LogP contribution in [0.4, 0.5) is 0 Å². The molecular weight excluding hydrogens is 412 g/mol. The van der Waals surface area contributed by atoms with Gasteiger partial charge in [-0.15, -0.1) is 0 Å². The molecule has 1 heterocycles. The van der Waals surface area contributed by atoms with Crippen molar-refractivity contribution in [2.24, 2.45) is 5.92 Å². The zero-order chi connectivity index (χ0) is 22.4. The third-order valence-electron chi connectivity index (χ3n) is 5.47. The third-order valence-corrected chi connectivity index (χ3v) is 7.38. The third kappa shape index (κ3) is 6.08. The Bertz CT molecular complexity index is 970. The predicted octanol–water partition coefficient (Wildman–Crippen LogP) is 3.96. The zero-order valence-corrected chi connectivity index (χ0v) is 19.4. The molecule has 0 N–H and O–H groups in total. The lowest BCUT2D eigenvalue weighted by atomic mass is 10.1. The van der Waals surface area contributed by atoms with Gasteiger partial charge in [0, 0.05) is 31.7 Å². The fourth-order valence-corrected chi connectivity index (χ4v) is 4.95. The second-order valence-corrected chi connectivity index (χ2v) is 10.4. The van der Waals surface area contributed by atoms with E-state index < -0.39 is 10.0 Å². The predicted molar refractivity (Wildman–Crippen MR) is 122 cm³/mol. The average Bonchev–Trinajstić information content (AvgIpc) is 3.01. The van der Waals surface area contributed by atoms with Gasteiger partial charge in [0.15, 0.2) is 0 Å². The van der Waals surface area contributed by atoms with Crippen molar-refractivity contribution in [2.75, 3.05) is 32.8 Å². The van der Waals surface area contributed by atoms with Gasteiger partial charge in [-0.05, 0) is 62.1 Å². The highest BCUT2D eigenvalue weighted by Gasteiger charge is 2.28. The summed E-state index contributed by atoms with van der Waals surface area (Å²) in [6.45, 7) is 8.49. The molecule has 168 valence electrons. The minimum Gasteiger partial charge on any atom is -0.494 e. The summed E-state index contributed by atoms with van der Waals surface area (Å²) in [7, 11) is -3.56. The maximum absolute atomic E-state index is 13.0. The molecular formula is C24H32N2O4S. The minimum atomic E-state index is -3.56. The van der Waals surface area contributed by atoms with E-state index in [1.165, 1.54) is 4.31 Å². The van der Waals surface area contributed by atoms with Crippen molar-refractivity contribution in [3.8, 4) is 5.75 Å². The topological polar surface area (TPSA) is 66.9 Å². The lowest BCUT2D eigenvalue weighted by molar-refractivity contribution is 0.0764. The first kappa shape index (κ1) is 23.3. The quantitative estimate of drug-likeness (QED) is 0.648. The number of hydrogen-bond acceptors (Lipinski definition) is 4. The number of rotatable bonds is 7. The van der Waals surface area contributed by atoms with Gasteiger partial charge in [0.2, 0.25) is 10.0 Å². The first-order valence-corrected chi connectivity index (χ1v) is 12.3. The molecule has 31 heavy (non-hydrogen) atoms. The van der Waals surface area contributed by atoms with Gasteiger partial charge >= 0.3 is 0 Å².